The van der Waals surface area contributed by atoms with Crippen LogP contribution in [0.1, 0.15) is 28.8 Å². The van der Waals surface area contributed by atoms with Gasteiger partial charge in [0.2, 0.25) is 17.7 Å². The Kier molecular flexibility index (Phi) is 4.43. The van der Waals surface area contributed by atoms with Crippen molar-refractivity contribution in [2.45, 2.75) is 25.4 Å². The van der Waals surface area contributed by atoms with Crippen LogP contribution in [0.5, 0.6) is 0 Å². The molecular formula is C15H15IN4O4. The van der Waals surface area contributed by atoms with Gasteiger partial charge in [-0.2, -0.15) is 0 Å². The van der Waals surface area contributed by atoms with E-state index in [1.54, 1.807) is 6.07 Å². The number of piperidine rings is 1. The highest BCUT2D eigenvalue weighted by Gasteiger charge is 2.39. The summed E-state index contributed by atoms with van der Waals surface area (Å²) in [7, 11) is 0. The van der Waals surface area contributed by atoms with Gasteiger partial charge in [-0.3, -0.25) is 24.5 Å². The second-order valence-corrected chi connectivity index (χ2v) is 6.87. The molecule has 2 heterocycles. The fourth-order valence-electron chi connectivity index (χ4n) is 2.91. The van der Waals surface area contributed by atoms with Crippen LogP contribution in [0.3, 0.4) is 0 Å². The number of fused-ring (bicyclic) bond motifs is 1. The minimum atomic E-state index is -0.638. The number of hydrogen-bond acceptors (Lipinski definition) is 5. The summed E-state index contributed by atoms with van der Waals surface area (Å²) in [5.74, 6) is -1.50. The molecule has 0 radical (unpaired) electrons. The van der Waals surface area contributed by atoms with Crippen LogP contribution < -0.4 is 16.4 Å². The summed E-state index contributed by atoms with van der Waals surface area (Å²) in [6.07, 6.45) is 0.548. The van der Waals surface area contributed by atoms with Crippen LogP contribution in [0.15, 0.2) is 12.1 Å². The number of nitrogens with zero attached hydrogens (tertiary/aromatic N) is 1. The van der Waals surface area contributed by atoms with E-state index < -0.39 is 17.9 Å². The molecule has 1 atom stereocenters. The first-order chi connectivity index (χ1) is 11.4. The molecule has 0 spiro atoms. The number of hydrogen-bond donors (Lipinski definition) is 3. The Bertz CT molecular complexity index is 764. The number of amides is 4. The summed E-state index contributed by atoms with van der Waals surface area (Å²) in [6.45, 7) is 0.300. The van der Waals surface area contributed by atoms with Gasteiger partial charge in [-0.05, 0) is 46.7 Å². The smallest absolute Gasteiger partial charge is 0.255 e. The van der Waals surface area contributed by atoms with E-state index in [4.69, 9.17) is 5.73 Å². The lowest BCUT2D eigenvalue weighted by molar-refractivity contribution is -0.137. The molecule has 0 aromatic heterocycles. The maximum atomic E-state index is 12.7. The topological polar surface area (TPSA) is 122 Å². The summed E-state index contributed by atoms with van der Waals surface area (Å²) in [5.41, 5.74) is 7.08. The SMILES string of the molecule is NC(=O)CNc1cc(I)c2c(c1)C(=O)N(C1CCC(=O)NC1=O)C2. The van der Waals surface area contributed by atoms with E-state index in [2.05, 4.69) is 33.2 Å². The zero-order valence-electron chi connectivity index (χ0n) is 12.6. The number of imide groups is 1. The highest BCUT2D eigenvalue weighted by atomic mass is 127. The molecule has 0 saturated carbocycles. The molecule has 2 aliphatic rings. The average Bonchev–Trinajstić information content (AvgIpc) is 2.83. The lowest BCUT2D eigenvalue weighted by Gasteiger charge is -2.29. The van der Waals surface area contributed by atoms with Crippen LogP contribution >= 0.6 is 22.6 Å². The quantitative estimate of drug-likeness (QED) is 0.446. The van der Waals surface area contributed by atoms with E-state index in [0.717, 1.165) is 9.13 Å². The van der Waals surface area contributed by atoms with E-state index in [-0.39, 0.29) is 24.8 Å². The number of nitrogens with two attached hydrogens (primary N) is 1. The van der Waals surface area contributed by atoms with Gasteiger partial charge in [-0.25, -0.2) is 0 Å². The molecular weight excluding hydrogens is 427 g/mol. The van der Waals surface area contributed by atoms with Crippen LogP contribution in [0, 0.1) is 3.57 Å². The van der Waals surface area contributed by atoms with Crippen molar-refractivity contribution in [3.05, 3.63) is 26.8 Å². The highest BCUT2D eigenvalue weighted by molar-refractivity contribution is 14.1. The molecule has 1 aromatic rings. The van der Waals surface area contributed by atoms with E-state index in [1.807, 2.05) is 6.07 Å². The molecule has 9 heteroatoms. The third kappa shape index (κ3) is 3.07. The third-order valence-electron chi connectivity index (χ3n) is 4.07. The Labute approximate surface area is 151 Å². The van der Waals surface area contributed by atoms with Crippen molar-refractivity contribution in [1.82, 2.24) is 10.2 Å². The van der Waals surface area contributed by atoms with Gasteiger partial charge < -0.3 is 16.0 Å². The molecule has 1 saturated heterocycles. The second kappa shape index (κ2) is 6.38. The van der Waals surface area contributed by atoms with Crippen molar-refractivity contribution in [3.8, 4) is 0 Å². The highest BCUT2D eigenvalue weighted by Crippen LogP contribution is 2.32. The van der Waals surface area contributed by atoms with Gasteiger partial charge in [0.1, 0.15) is 6.04 Å². The van der Waals surface area contributed by atoms with Crippen molar-refractivity contribution >= 4 is 51.9 Å². The molecule has 1 unspecified atom stereocenters. The van der Waals surface area contributed by atoms with Gasteiger partial charge in [0.15, 0.2) is 0 Å². The third-order valence-corrected chi connectivity index (χ3v) is 5.03. The summed E-state index contributed by atoms with van der Waals surface area (Å²) in [4.78, 5) is 48.4. The first-order valence-corrected chi connectivity index (χ1v) is 8.44. The van der Waals surface area contributed by atoms with Crippen molar-refractivity contribution in [3.63, 3.8) is 0 Å². The first kappa shape index (κ1) is 16.7. The van der Waals surface area contributed by atoms with Gasteiger partial charge in [-0.1, -0.05) is 0 Å². The maximum Gasteiger partial charge on any atom is 0.255 e. The molecule has 1 fully saturated rings. The van der Waals surface area contributed by atoms with Crippen molar-refractivity contribution in [2.75, 3.05) is 11.9 Å². The minimum absolute atomic E-state index is 0.0279. The van der Waals surface area contributed by atoms with Gasteiger partial charge in [0.25, 0.3) is 5.91 Å². The lowest BCUT2D eigenvalue weighted by Crippen LogP contribution is -2.52. The first-order valence-electron chi connectivity index (χ1n) is 7.36. The van der Waals surface area contributed by atoms with Crippen LogP contribution in [0.25, 0.3) is 0 Å². The van der Waals surface area contributed by atoms with Gasteiger partial charge in [0, 0.05) is 27.8 Å². The van der Waals surface area contributed by atoms with E-state index >= 15 is 0 Å². The average molecular weight is 442 g/mol. The number of carbonyl (C=O) groups is 4. The Morgan fingerprint density at radius 2 is 2.12 bits per heavy atom. The molecule has 8 nitrogen and oxygen atoms in total. The molecule has 2 aliphatic heterocycles. The number of anilines is 1. The molecule has 0 bridgehead atoms. The number of rotatable bonds is 4. The lowest BCUT2D eigenvalue weighted by atomic mass is 10.0. The minimum Gasteiger partial charge on any atom is -0.376 e. The van der Waals surface area contributed by atoms with E-state index in [9.17, 15) is 19.2 Å². The second-order valence-electron chi connectivity index (χ2n) is 5.70. The van der Waals surface area contributed by atoms with Gasteiger partial charge in [-0.15, -0.1) is 0 Å². The molecule has 4 N–H and O–H groups in total. The monoisotopic (exact) mass is 442 g/mol. The number of halogens is 1. The van der Waals surface area contributed by atoms with Gasteiger partial charge >= 0.3 is 0 Å². The summed E-state index contributed by atoms with van der Waals surface area (Å²) in [6, 6.07) is 2.85. The number of nitrogens with one attached hydrogen (secondary N) is 2. The molecule has 1 aromatic carbocycles. The number of carbonyl (C=O) groups excluding carboxylic acids is 4. The number of primary amides is 1. The molecule has 0 aliphatic carbocycles. The zero-order valence-corrected chi connectivity index (χ0v) is 14.8. The number of benzene rings is 1. The Balaban J connectivity index is 1.84. The van der Waals surface area contributed by atoms with Crippen LogP contribution in [0.4, 0.5) is 5.69 Å². The van der Waals surface area contributed by atoms with Crippen LogP contribution in [-0.2, 0) is 20.9 Å². The largest absolute Gasteiger partial charge is 0.376 e. The fraction of sp³-hybridized carbons (Fsp3) is 0.333. The zero-order chi connectivity index (χ0) is 17.4. The Morgan fingerprint density at radius 1 is 1.38 bits per heavy atom. The Hall–Kier alpha value is -2.17. The Morgan fingerprint density at radius 3 is 2.79 bits per heavy atom. The van der Waals surface area contributed by atoms with Crippen LogP contribution in [0.2, 0.25) is 0 Å². The van der Waals surface area contributed by atoms with Crippen LogP contribution in [-0.4, -0.2) is 41.1 Å². The van der Waals surface area contributed by atoms with Crippen molar-refractivity contribution in [1.29, 1.82) is 0 Å². The standard InChI is InChI=1S/C15H15IN4O4/c16-10-4-7(18-5-12(17)21)3-8-9(10)6-20(15(8)24)11-1-2-13(22)19-14(11)23/h3-4,11,18H,1-2,5-6H2,(H2,17,21)(H,19,22,23). The van der Waals surface area contributed by atoms with Crippen molar-refractivity contribution in [2.24, 2.45) is 5.73 Å². The van der Waals surface area contributed by atoms with E-state index in [0.29, 0.717) is 24.2 Å². The fourth-order valence-corrected chi connectivity index (χ4v) is 3.70. The molecule has 3 rings (SSSR count). The molecule has 24 heavy (non-hydrogen) atoms. The summed E-state index contributed by atoms with van der Waals surface area (Å²) in [5, 5.41) is 5.15. The molecule has 126 valence electrons. The summed E-state index contributed by atoms with van der Waals surface area (Å²) >= 11 is 2.12. The van der Waals surface area contributed by atoms with Gasteiger partial charge in [0.05, 0.1) is 6.54 Å². The maximum absolute atomic E-state index is 12.7. The normalized spacial score (nSPS) is 20.0. The predicted molar refractivity (Wildman–Crippen MR) is 92.9 cm³/mol. The summed E-state index contributed by atoms with van der Waals surface area (Å²) < 4.78 is 0.861. The van der Waals surface area contributed by atoms with E-state index in [1.165, 1.54) is 4.90 Å². The molecule has 4 amide bonds. The predicted octanol–water partition coefficient (Wildman–Crippen LogP) is -0.0506. The van der Waals surface area contributed by atoms with Crippen molar-refractivity contribution < 1.29 is 19.2 Å².